The average molecular weight is 585 g/mol. The lowest BCUT2D eigenvalue weighted by atomic mass is 9.81. The van der Waals surface area contributed by atoms with Crippen LogP contribution in [0.4, 0.5) is 13.2 Å². The fourth-order valence-electron chi connectivity index (χ4n) is 6.22. The highest BCUT2D eigenvalue weighted by atomic mass is 32.2. The molecule has 5 rings (SSSR count). The van der Waals surface area contributed by atoms with Crippen molar-refractivity contribution in [2.75, 3.05) is 25.4 Å². The summed E-state index contributed by atoms with van der Waals surface area (Å²) in [5.74, 6) is -1.47. The Bertz CT molecular complexity index is 1370. The molecule has 0 radical (unpaired) electrons. The number of fused-ring (bicyclic) bond motifs is 1. The van der Waals surface area contributed by atoms with Crippen molar-refractivity contribution in [2.24, 2.45) is 16.8 Å². The molecular formula is C27H35F3N4O5S. The first-order valence-corrected chi connectivity index (χ1v) is 15.3. The molecule has 1 aromatic carbocycles. The number of benzene rings is 1. The zero-order valence-electron chi connectivity index (χ0n) is 22.1. The molecular weight excluding hydrogens is 549 g/mol. The zero-order valence-corrected chi connectivity index (χ0v) is 22.9. The van der Waals surface area contributed by atoms with Gasteiger partial charge in [-0.3, -0.25) is 9.79 Å². The Kier molecular flexibility index (Phi) is 8.03. The van der Waals surface area contributed by atoms with Crippen molar-refractivity contribution in [3.05, 3.63) is 36.0 Å². The molecule has 3 heterocycles. The number of aromatic nitrogens is 1. The van der Waals surface area contributed by atoms with Gasteiger partial charge in [0.25, 0.3) is 5.91 Å². The molecule has 1 atom stereocenters. The minimum absolute atomic E-state index is 0.0190. The molecule has 2 aliphatic heterocycles. The monoisotopic (exact) mass is 584 g/mol. The first-order valence-electron chi connectivity index (χ1n) is 13.7. The standard InChI is InChI=1S/C27H35F3N4O5S/c28-27(29,30)20-6-4-19(5-7-20)24-31-25(37)26(32-24)10-13-34(14-11-26)40(38,39)15-9-18-2-1-3-23-22(18)8-12-33(23)16-21(36)17-35/h1-3,8,12,19-21,35-36H,4-7,9-11,13-17H2,(H,31,32,37). The van der Waals surface area contributed by atoms with Gasteiger partial charge in [-0.2, -0.15) is 13.2 Å². The maximum Gasteiger partial charge on any atom is 0.391 e. The van der Waals surface area contributed by atoms with Gasteiger partial charge in [-0.05, 0) is 62.6 Å². The van der Waals surface area contributed by atoms with E-state index in [0.29, 0.717) is 18.7 Å². The summed E-state index contributed by atoms with van der Waals surface area (Å²) >= 11 is 0. The van der Waals surface area contributed by atoms with Crippen LogP contribution in [-0.4, -0.2) is 82.5 Å². The summed E-state index contributed by atoms with van der Waals surface area (Å²) in [7, 11) is -3.62. The number of aliphatic hydroxyl groups is 2. The highest BCUT2D eigenvalue weighted by Crippen LogP contribution is 2.41. The zero-order chi connectivity index (χ0) is 28.7. The lowest BCUT2D eigenvalue weighted by molar-refractivity contribution is -0.182. The van der Waals surface area contributed by atoms with Crippen LogP contribution in [0.25, 0.3) is 10.9 Å². The third-order valence-corrected chi connectivity index (χ3v) is 10.5. The van der Waals surface area contributed by atoms with Gasteiger partial charge < -0.3 is 20.1 Å². The summed E-state index contributed by atoms with van der Waals surface area (Å²) in [4.78, 5) is 17.6. The first-order chi connectivity index (χ1) is 18.9. The van der Waals surface area contributed by atoms with Crippen molar-refractivity contribution in [3.63, 3.8) is 0 Å². The molecule has 1 spiro atoms. The summed E-state index contributed by atoms with van der Waals surface area (Å²) in [5, 5.41) is 22.6. The molecule has 0 bridgehead atoms. The highest BCUT2D eigenvalue weighted by molar-refractivity contribution is 7.89. The number of piperidine rings is 1. The minimum atomic E-state index is -4.20. The number of sulfonamides is 1. The quantitative estimate of drug-likeness (QED) is 0.440. The molecule has 1 aliphatic carbocycles. The van der Waals surface area contributed by atoms with E-state index in [4.69, 9.17) is 5.11 Å². The predicted molar refractivity (Wildman–Crippen MR) is 143 cm³/mol. The van der Waals surface area contributed by atoms with Crippen LogP contribution < -0.4 is 5.32 Å². The number of carbonyl (C=O) groups excluding carboxylic acids is 1. The van der Waals surface area contributed by atoms with Crippen LogP contribution in [0.2, 0.25) is 0 Å². The second-order valence-electron chi connectivity index (χ2n) is 11.2. The van der Waals surface area contributed by atoms with Crippen molar-refractivity contribution in [3.8, 4) is 0 Å². The van der Waals surface area contributed by atoms with E-state index in [-0.39, 0.29) is 75.9 Å². The number of aryl methyl sites for hydroxylation is 1. The molecule has 3 N–H and O–H groups in total. The summed E-state index contributed by atoms with van der Waals surface area (Å²) < 4.78 is 68.8. The largest absolute Gasteiger partial charge is 0.394 e. The summed E-state index contributed by atoms with van der Waals surface area (Å²) in [6.45, 7) is 0.162. The topological polar surface area (TPSA) is 124 Å². The number of hydrogen-bond acceptors (Lipinski definition) is 6. The van der Waals surface area contributed by atoms with Crippen molar-refractivity contribution >= 4 is 32.7 Å². The predicted octanol–water partition coefficient (Wildman–Crippen LogP) is 2.60. The number of amides is 1. The highest BCUT2D eigenvalue weighted by Gasteiger charge is 2.49. The molecule has 40 heavy (non-hydrogen) atoms. The van der Waals surface area contributed by atoms with E-state index in [9.17, 15) is 31.5 Å². The molecule has 2 fully saturated rings. The molecule has 9 nitrogen and oxygen atoms in total. The van der Waals surface area contributed by atoms with Crippen LogP contribution in [0, 0.1) is 11.8 Å². The van der Waals surface area contributed by atoms with E-state index < -0.39 is 33.8 Å². The number of nitrogens with one attached hydrogen (secondary N) is 1. The SMILES string of the molecule is O=C1NC(C2CCC(C(F)(F)F)CC2)=NC12CCN(S(=O)(=O)CCc1cccc3c1ccn3CC(O)CO)CC2. The van der Waals surface area contributed by atoms with E-state index in [0.717, 1.165) is 16.5 Å². The molecule has 1 amide bonds. The smallest absolute Gasteiger partial charge is 0.391 e. The Balaban J connectivity index is 1.19. The normalized spacial score (nSPS) is 24.8. The van der Waals surface area contributed by atoms with Crippen molar-refractivity contribution in [1.29, 1.82) is 0 Å². The molecule has 1 saturated carbocycles. The molecule has 2 aromatic rings. The van der Waals surface area contributed by atoms with Gasteiger partial charge in [0.1, 0.15) is 11.4 Å². The van der Waals surface area contributed by atoms with Crippen LogP contribution in [0.15, 0.2) is 35.5 Å². The van der Waals surface area contributed by atoms with Gasteiger partial charge in [0.2, 0.25) is 10.0 Å². The van der Waals surface area contributed by atoms with Gasteiger partial charge in [0.05, 0.1) is 30.9 Å². The van der Waals surface area contributed by atoms with Gasteiger partial charge in [0.15, 0.2) is 0 Å². The third kappa shape index (κ3) is 5.79. The number of aliphatic imine (C=N–C) groups is 1. The molecule has 3 aliphatic rings. The maximum atomic E-state index is 13.2. The van der Waals surface area contributed by atoms with E-state index in [1.54, 1.807) is 6.20 Å². The van der Waals surface area contributed by atoms with Crippen LogP contribution in [0.5, 0.6) is 0 Å². The van der Waals surface area contributed by atoms with E-state index >= 15 is 0 Å². The first kappa shape index (κ1) is 29.0. The number of nitrogens with zero attached hydrogens (tertiary/aromatic N) is 3. The molecule has 1 aromatic heterocycles. The van der Waals surface area contributed by atoms with Crippen molar-refractivity contribution in [2.45, 2.75) is 69.3 Å². The van der Waals surface area contributed by atoms with E-state index in [1.165, 1.54) is 4.31 Å². The minimum Gasteiger partial charge on any atom is -0.394 e. The Hall–Kier alpha value is -2.48. The summed E-state index contributed by atoms with van der Waals surface area (Å²) in [6, 6.07) is 7.46. The lowest BCUT2D eigenvalue weighted by Crippen LogP contribution is -2.51. The molecule has 220 valence electrons. The molecule has 1 unspecified atom stereocenters. The maximum absolute atomic E-state index is 13.2. The Labute approximate surface area is 231 Å². The second-order valence-corrected chi connectivity index (χ2v) is 13.3. The van der Waals surface area contributed by atoms with Crippen LogP contribution in [0.1, 0.15) is 44.1 Å². The Morgan fingerprint density at radius 3 is 2.48 bits per heavy atom. The number of rotatable bonds is 8. The number of carbonyl (C=O) groups is 1. The Morgan fingerprint density at radius 2 is 1.82 bits per heavy atom. The van der Waals surface area contributed by atoms with Gasteiger partial charge in [-0.15, -0.1) is 0 Å². The van der Waals surface area contributed by atoms with Crippen LogP contribution in [0.3, 0.4) is 0 Å². The second kappa shape index (κ2) is 11.1. The van der Waals surface area contributed by atoms with Crippen LogP contribution in [-0.2, 0) is 27.8 Å². The van der Waals surface area contributed by atoms with Gasteiger partial charge in [-0.1, -0.05) is 12.1 Å². The van der Waals surface area contributed by atoms with Crippen molar-refractivity contribution in [1.82, 2.24) is 14.2 Å². The van der Waals surface area contributed by atoms with E-state index in [2.05, 4.69) is 10.3 Å². The number of aliphatic hydroxyl groups excluding tert-OH is 2. The molecule has 1 saturated heterocycles. The average Bonchev–Trinajstić information content (AvgIpc) is 3.48. The fourth-order valence-corrected chi connectivity index (χ4v) is 7.69. The summed E-state index contributed by atoms with van der Waals surface area (Å²) in [5.41, 5.74) is 0.641. The summed E-state index contributed by atoms with van der Waals surface area (Å²) in [6.07, 6.45) is -1.88. The Morgan fingerprint density at radius 1 is 1.12 bits per heavy atom. The number of hydrogen-bond donors (Lipinski definition) is 3. The van der Waals surface area contributed by atoms with Crippen LogP contribution >= 0.6 is 0 Å². The van der Waals surface area contributed by atoms with Gasteiger partial charge in [-0.25, -0.2) is 12.7 Å². The number of amidine groups is 1. The third-order valence-electron chi connectivity index (χ3n) is 8.67. The van der Waals surface area contributed by atoms with Gasteiger partial charge >= 0.3 is 6.18 Å². The number of alkyl halides is 3. The van der Waals surface area contributed by atoms with E-state index in [1.807, 2.05) is 28.8 Å². The number of halogens is 3. The van der Waals surface area contributed by atoms with Crippen molar-refractivity contribution < 1.29 is 36.6 Å². The lowest BCUT2D eigenvalue weighted by Gasteiger charge is -2.34. The fraction of sp³-hybridized carbons (Fsp3) is 0.630. The molecule has 13 heteroatoms. The van der Waals surface area contributed by atoms with Gasteiger partial charge in [0, 0.05) is 36.1 Å².